The van der Waals surface area contributed by atoms with Crippen LogP contribution < -0.4 is 0 Å². The smallest absolute Gasteiger partial charge is 0.126 e. The Bertz CT molecular complexity index is 519. The van der Waals surface area contributed by atoms with Gasteiger partial charge < -0.3 is 0 Å². The van der Waals surface area contributed by atoms with E-state index in [2.05, 4.69) is 35.0 Å². The van der Waals surface area contributed by atoms with Gasteiger partial charge >= 0.3 is 0 Å². The molecule has 1 atom stereocenters. The van der Waals surface area contributed by atoms with E-state index >= 15 is 0 Å². The normalized spacial score (nSPS) is 12.7. The van der Waals surface area contributed by atoms with Crippen LogP contribution >= 0.6 is 27.3 Å². The summed E-state index contributed by atoms with van der Waals surface area (Å²) in [4.78, 5) is 2.81. The Balaban J connectivity index is 2.29. The molecule has 1 unspecified atom stereocenters. The second kappa shape index (κ2) is 5.32. The Kier molecular flexibility index (Phi) is 4.00. The number of rotatable bonds is 3. The fourth-order valence-corrected chi connectivity index (χ4v) is 3.39. The van der Waals surface area contributed by atoms with E-state index < -0.39 is 0 Å². The lowest BCUT2D eigenvalue weighted by Gasteiger charge is -2.09. The zero-order valence-electron chi connectivity index (χ0n) is 9.84. The lowest BCUT2D eigenvalue weighted by Crippen LogP contribution is -1.92. The van der Waals surface area contributed by atoms with E-state index in [9.17, 15) is 4.39 Å². The first-order valence-corrected chi connectivity index (χ1v) is 7.33. The highest BCUT2D eigenvalue weighted by Crippen LogP contribution is 2.35. The quantitative estimate of drug-likeness (QED) is 0.680. The van der Waals surface area contributed by atoms with Gasteiger partial charge in [-0.2, -0.15) is 0 Å². The average Bonchev–Trinajstić information content (AvgIpc) is 2.80. The van der Waals surface area contributed by atoms with Crippen molar-refractivity contribution in [2.75, 3.05) is 0 Å². The number of benzene rings is 1. The Morgan fingerprint density at radius 1 is 1.29 bits per heavy atom. The summed E-state index contributed by atoms with van der Waals surface area (Å²) in [5.74, 6) is -0.145. The summed E-state index contributed by atoms with van der Waals surface area (Å²) in [6.45, 7) is 3.95. The predicted octanol–water partition coefficient (Wildman–Crippen LogP) is 5.24. The van der Waals surface area contributed by atoms with Crippen LogP contribution in [0.4, 0.5) is 4.39 Å². The molecule has 0 saturated heterocycles. The second-order valence-electron chi connectivity index (χ2n) is 4.03. The van der Waals surface area contributed by atoms with E-state index in [4.69, 9.17) is 0 Å². The van der Waals surface area contributed by atoms with Crippen LogP contribution in [0, 0.1) is 12.7 Å². The minimum absolute atomic E-state index is 0.145. The third kappa shape index (κ3) is 2.78. The Hall–Kier alpha value is -0.670. The molecule has 3 heteroatoms. The van der Waals surface area contributed by atoms with E-state index in [-0.39, 0.29) is 10.6 Å². The highest BCUT2D eigenvalue weighted by atomic mass is 79.9. The molecule has 0 saturated carbocycles. The first-order valence-electron chi connectivity index (χ1n) is 5.60. The monoisotopic (exact) mass is 312 g/mol. The van der Waals surface area contributed by atoms with Crippen molar-refractivity contribution < 1.29 is 4.39 Å². The number of alkyl halides is 1. The molecular formula is C14H14BrFS. The number of hydrogen-bond acceptors (Lipinski definition) is 1. The van der Waals surface area contributed by atoms with Crippen LogP contribution in [0.15, 0.2) is 30.3 Å². The summed E-state index contributed by atoms with van der Waals surface area (Å²) in [6, 6.07) is 9.58. The summed E-state index contributed by atoms with van der Waals surface area (Å²) >= 11 is 5.49. The topological polar surface area (TPSA) is 0 Å². The maximum absolute atomic E-state index is 13.2. The molecule has 90 valence electrons. The van der Waals surface area contributed by atoms with E-state index in [1.807, 2.05) is 12.1 Å². The van der Waals surface area contributed by atoms with Gasteiger partial charge in [-0.1, -0.05) is 35.0 Å². The molecule has 0 aliphatic heterocycles. The Morgan fingerprint density at radius 2 is 2.06 bits per heavy atom. The third-order valence-corrected chi connectivity index (χ3v) is 5.37. The molecule has 0 N–H and O–H groups in total. The Labute approximate surface area is 114 Å². The molecule has 0 bridgehead atoms. The van der Waals surface area contributed by atoms with E-state index in [0.717, 1.165) is 12.0 Å². The van der Waals surface area contributed by atoms with Crippen molar-refractivity contribution in [3.05, 3.63) is 57.0 Å². The van der Waals surface area contributed by atoms with Crippen LogP contribution in [0.1, 0.15) is 32.6 Å². The molecule has 0 nitrogen and oxygen atoms in total. The van der Waals surface area contributed by atoms with Gasteiger partial charge in [0.1, 0.15) is 5.82 Å². The van der Waals surface area contributed by atoms with Crippen LogP contribution in [0.5, 0.6) is 0 Å². The maximum Gasteiger partial charge on any atom is 0.126 e. The van der Waals surface area contributed by atoms with Crippen molar-refractivity contribution in [1.82, 2.24) is 0 Å². The lowest BCUT2D eigenvalue weighted by atomic mass is 10.1. The van der Waals surface area contributed by atoms with Crippen LogP contribution in [0.25, 0.3) is 0 Å². The van der Waals surface area contributed by atoms with Gasteiger partial charge in [-0.15, -0.1) is 11.3 Å². The highest BCUT2D eigenvalue weighted by Gasteiger charge is 2.13. The van der Waals surface area contributed by atoms with Gasteiger partial charge in [0.05, 0.1) is 4.83 Å². The zero-order valence-corrected chi connectivity index (χ0v) is 12.2. The van der Waals surface area contributed by atoms with Crippen LogP contribution in [-0.2, 0) is 6.42 Å². The number of hydrogen-bond donors (Lipinski definition) is 0. The molecule has 0 spiro atoms. The fraction of sp³-hybridized carbons (Fsp3) is 0.286. The summed E-state index contributed by atoms with van der Waals surface area (Å²) in [7, 11) is 0. The summed E-state index contributed by atoms with van der Waals surface area (Å²) in [5.41, 5.74) is 1.80. The fourth-order valence-electron chi connectivity index (χ4n) is 1.71. The summed E-state index contributed by atoms with van der Waals surface area (Å²) in [5, 5.41) is 0. The number of halogens is 2. The van der Waals surface area contributed by atoms with Crippen LogP contribution in [-0.4, -0.2) is 0 Å². The van der Waals surface area contributed by atoms with Gasteiger partial charge in [0, 0.05) is 9.75 Å². The zero-order chi connectivity index (χ0) is 12.4. The Morgan fingerprint density at radius 3 is 2.65 bits per heavy atom. The largest absolute Gasteiger partial charge is 0.207 e. The van der Waals surface area contributed by atoms with Gasteiger partial charge in [0.2, 0.25) is 0 Å². The lowest BCUT2D eigenvalue weighted by molar-refractivity contribution is 0.618. The maximum atomic E-state index is 13.2. The first kappa shape index (κ1) is 12.8. The highest BCUT2D eigenvalue weighted by molar-refractivity contribution is 9.09. The predicted molar refractivity (Wildman–Crippen MR) is 75.6 cm³/mol. The molecule has 17 heavy (non-hydrogen) atoms. The van der Waals surface area contributed by atoms with Crippen LogP contribution in [0.2, 0.25) is 0 Å². The summed E-state index contributed by atoms with van der Waals surface area (Å²) < 4.78 is 13.2. The van der Waals surface area contributed by atoms with E-state index in [1.54, 1.807) is 18.3 Å². The van der Waals surface area contributed by atoms with Gasteiger partial charge in [-0.3, -0.25) is 0 Å². The molecule has 1 heterocycles. The molecule has 2 aromatic rings. The van der Waals surface area contributed by atoms with Crippen molar-refractivity contribution in [3.63, 3.8) is 0 Å². The summed E-state index contributed by atoms with van der Waals surface area (Å²) in [6.07, 6.45) is 1.06. The van der Waals surface area contributed by atoms with Crippen molar-refractivity contribution in [3.8, 4) is 0 Å². The number of thiophene rings is 1. The average molecular weight is 313 g/mol. The van der Waals surface area contributed by atoms with Gasteiger partial charge in [-0.05, 0) is 42.7 Å². The molecule has 0 amide bonds. The third-order valence-electron chi connectivity index (χ3n) is 2.76. The minimum Gasteiger partial charge on any atom is -0.207 e. The van der Waals surface area contributed by atoms with Crippen molar-refractivity contribution >= 4 is 27.3 Å². The molecule has 0 aliphatic rings. The molecule has 1 aromatic carbocycles. The molecular weight excluding hydrogens is 299 g/mol. The SMILES string of the molecule is CCc1ccc(C(Br)c2ccc(F)c(C)c2)s1. The molecule has 0 fully saturated rings. The molecule has 2 rings (SSSR count). The molecule has 0 radical (unpaired) electrons. The second-order valence-corrected chi connectivity index (χ2v) is 6.14. The molecule has 1 aromatic heterocycles. The van der Waals surface area contributed by atoms with E-state index in [0.29, 0.717) is 5.56 Å². The van der Waals surface area contributed by atoms with Gasteiger partial charge in [0.25, 0.3) is 0 Å². The van der Waals surface area contributed by atoms with E-state index in [1.165, 1.54) is 15.8 Å². The van der Waals surface area contributed by atoms with Gasteiger partial charge in [0.15, 0.2) is 0 Å². The van der Waals surface area contributed by atoms with Crippen molar-refractivity contribution in [1.29, 1.82) is 0 Å². The standard InChI is InChI=1S/C14H14BrFS/c1-3-11-5-7-13(17-11)14(15)10-4-6-12(16)9(2)8-10/h4-8,14H,3H2,1-2H3. The van der Waals surface area contributed by atoms with Crippen LogP contribution in [0.3, 0.4) is 0 Å². The van der Waals surface area contributed by atoms with Crippen molar-refractivity contribution in [2.45, 2.75) is 25.1 Å². The minimum atomic E-state index is -0.145. The first-order chi connectivity index (χ1) is 8.11. The van der Waals surface area contributed by atoms with Crippen molar-refractivity contribution in [2.24, 2.45) is 0 Å². The number of aryl methyl sites for hydroxylation is 2. The molecule has 0 aliphatic carbocycles. The van der Waals surface area contributed by atoms with Gasteiger partial charge in [-0.25, -0.2) is 4.39 Å².